The van der Waals surface area contributed by atoms with Crippen LogP contribution in [-0.2, 0) is 24.7 Å². The van der Waals surface area contributed by atoms with Gasteiger partial charge in [-0.25, -0.2) is 0 Å². The van der Waals surface area contributed by atoms with E-state index in [1.54, 1.807) is 19.1 Å². The molecule has 3 fully saturated rings. The second-order valence-corrected chi connectivity index (χ2v) is 9.53. The van der Waals surface area contributed by atoms with Gasteiger partial charge in [-0.3, -0.25) is 29.4 Å². The molecule has 2 saturated heterocycles. The number of benzene rings is 1. The molecule has 4 amide bonds. The lowest BCUT2D eigenvalue weighted by Crippen LogP contribution is -2.54. The summed E-state index contributed by atoms with van der Waals surface area (Å²) in [4.78, 5) is 53.9. The zero-order valence-corrected chi connectivity index (χ0v) is 18.0. The molecule has 3 aliphatic heterocycles. The number of carbonyl (C=O) groups excluding carboxylic acids is 4. The molecule has 1 saturated carbocycles. The number of nitrogens with two attached hydrogens (primary N) is 1. The molecule has 0 radical (unpaired) electrons. The molecule has 1 spiro atoms. The summed E-state index contributed by atoms with van der Waals surface area (Å²) in [6.45, 7) is 1.80. The van der Waals surface area contributed by atoms with Crippen LogP contribution in [0, 0.1) is 18.8 Å². The molecule has 8 nitrogen and oxygen atoms in total. The van der Waals surface area contributed by atoms with Crippen LogP contribution in [0.4, 0.5) is 5.69 Å². The Morgan fingerprint density at radius 1 is 1.19 bits per heavy atom. The molecule has 4 atom stereocenters. The summed E-state index contributed by atoms with van der Waals surface area (Å²) in [7, 11) is 0. The van der Waals surface area contributed by atoms with Crippen LogP contribution in [0.2, 0.25) is 5.02 Å². The number of imide groups is 1. The van der Waals surface area contributed by atoms with Gasteiger partial charge in [0.15, 0.2) is 0 Å². The van der Waals surface area contributed by atoms with Gasteiger partial charge in [0, 0.05) is 29.1 Å². The molecule has 3 heterocycles. The number of likely N-dealkylation sites (tertiary alicyclic amines) is 1. The molecule has 1 aliphatic carbocycles. The van der Waals surface area contributed by atoms with Crippen LogP contribution in [0.1, 0.15) is 49.7 Å². The zero-order chi connectivity index (χ0) is 22.1. The van der Waals surface area contributed by atoms with Crippen molar-refractivity contribution >= 4 is 40.9 Å². The van der Waals surface area contributed by atoms with Crippen molar-refractivity contribution in [2.75, 3.05) is 5.32 Å². The largest absolute Gasteiger partial charge is 0.370 e. The Labute approximate surface area is 184 Å². The third kappa shape index (κ3) is 2.70. The second-order valence-electron chi connectivity index (χ2n) is 9.12. The van der Waals surface area contributed by atoms with Crippen LogP contribution in [-0.4, -0.2) is 40.6 Å². The standard InChI is InChI=1S/C22H25ClN4O4/c1-10-13(23)8-7-12-18(10)25-21(31)22(12)17-16(14(26-22)9-15(24)28)19(29)27(20(17)30)11-5-3-2-4-6-11/h7-8,11,14,16-17,26H,2-6,9H2,1H3,(H2,24,28)(H,25,31)/t14-,16-,17+,22-/m1/s1. The van der Waals surface area contributed by atoms with Crippen LogP contribution in [0.3, 0.4) is 0 Å². The second kappa shape index (κ2) is 7.03. The van der Waals surface area contributed by atoms with Crippen LogP contribution >= 0.6 is 11.6 Å². The van der Waals surface area contributed by atoms with E-state index in [4.69, 9.17) is 17.3 Å². The lowest BCUT2D eigenvalue weighted by Gasteiger charge is -2.33. The van der Waals surface area contributed by atoms with Crippen molar-refractivity contribution in [3.8, 4) is 0 Å². The molecule has 1 aromatic carbocycles. The Balaban J connectivity index is 1.65. The number of carbonyl (C=O) groups is 4. The van der Waals surface area contributed by atoms with Crippen molar-refractivity contribution in [3.05, 3.63) is 28.3 Å². The first-order valence-corrected chi connectivity index (χ1v) is 11.2. The number of primary amides is 1. The maximum Gasteiger partial charge on any atom is 0.250 e. The molecule has 1 aromatic rings. The molecule has 31 heavy (non-hydrogen) atoms. The third-order valence-electron chi connectivity index (χ3n) is 7.48. The SMILES string of the molecule is Cc1c(Cl)ccc2c1NC(=O)[C@@]21N[C@H](CC(N)=O)[C@H]2C(=O)N(C3CCCCC3)C(=O)[C@H]21. The molecular formula is C22H25ClN4O4. The average molecular weight is 445 g/mol. The number of hydrogen-bond donors (Lipinski definition) is 3. The van der Waals surface area contributed by atoms with Gasteiger partial charge in [-0.05, 0) is 31.4 Å². The van der Waals surface area contributed by atoms with Crippen molar-refractivity contribution in [1.29, 1.82) is 0 Å². The van der Waals surface area contributed by atoms with Gasteiger partial charge in [-0.15, -0.1) is 0 Å². The minimum atomic E-state index is -1.42. The Bertz CT molecular complexity index is 1020. The van der Waals surface area contributed by atoms with E-state index in [0.29, 0.717) is 21.8 Å². The maximum atomic E-state index is 13.7. The van der Waals surface area contributed by atoms with Crippen molar-refractivity contribution in [2.24, 2.45) is 17.6 Å². The van der Waals surface area contributed by atoms with Crippen LogP contribution in [0.15, 0.2) is 12.1 Å². The number of halogens is 1. The highest BCUT2D eigenvalue weighted by molar-refractivity contribution is 6.32. The Morgan fingerprint density at radius 3 is 2.58 bits per heavy atom. The smallest absolute Gasteiger partial charge is 0.250 e. The Kier molecular flexibility index (Phi) is 4.64. The van der Waals surface area contributed by atoms with Crippen molar-refractivity contribution in [1.82, 2.24) is 10.2 Å². The normalized spacial score (nSPS) is 32.5. The van der Waals surface area contributed by atoms with Gasteiger partial charge in [0.1, 0.15) is 5.54 Å². The van der Waals surface area contributed by atoms with Gasteiger partial charge in [-0.2, -0.15) is 0 Å². The minimum Gasteiger partial charge on any atom is -0.370 e. The summed E-state index contributed by atoms with van der Waals surface area (Å²) in [5.74, 6) is -3.36. The predicted octanol–water partition coefficient (Wildman–Crippen LogP) is 1.58. The highest BCUT2D eigenvalue weighted by Gasteiger charge is 2.71. The summed E-state index contributed by atoms with van der Waals surface area (Å²) in [5.41, 5.74) is 5.88. The lowest BCUT2D eigenvalue weighted by molar-refractivity contribution is -0.146. The monoisotopic (exact) mass is 444 g/mol. The van der Waals surface area contributed by atoms with E-state index >= 15 is 0 Å². The summed E-state index contributed by atoms with van der Waals surface area (Å²) < 4.78 is 0. The van der Waals surface area contributed by atoms with Crippen molar-refractivity contribution < 1.29 is 19.2 Å². The fourth-order valence-electron chi connectivity index (χ4n) is 6.10. The van der Waals surface area contributed by atoms with E-state index in [9.17, 15) is 19.2 Å². The minimum absolute atomic E-state index is 0.129. The maximum absolute atomic E-state index is 13.7. The Hall–Kier alpha value is -2.45. The van der Waals surface area contributed by atoms with Gasteiger partial charge in [-0.1, -0.05) is 36.9 Å². The summed E-state index contributed by atoms with van der Waals surface area (Å²) in [6.07, 6.45) is 4.43. The molecule has 0 unspecified atom stereocenters. The van der Waals surface area contributed by atoms with E-state index in [1.807, 2.05) is 0 Å². The summed E-state index contributed by atoms with van der Waals surface area (Å²) in [6, 6.07) is 2.57. The molecule has 164 valence electrons. The lowest BCUT2D eigenvalue weighted by atomic mass is 9.76. The molecule has 5 rings (SSSR count). The molecule has 4 aliphatic rings. The van der Waals surface area contributed by atoms with Gasteiger partial charge in [0.25, 0.3) is 0 Å². The number of nitrogens with one attached hydrogen (secondary N) is 2. The molecule has 0 aromatic heterocycles. The van der Waals surface area contributed by atoms with Gasteiger partial charge >= 0.3 is 0 Å². The fourth-order valence-corrected chi connectivity index (χ4v) is 6.26. The van der Waals surface area contributed by atoms with E-state index in [0.717, 1.165) is 32.1 Å². The van der Waals surface area contributed by atoms with E-state index in [-0.39, 0.29) is 24.3 Å². The number of amides is 4. The van der Waals surface area contributed by atoms with Crippen LogP contribution in [0.25, 0.3) is 0 Å². The average Bonchev–Trinajstić information content (AvgIpc) is 3.30. The van der Waals surface area contributed by atoms with Crippen LogP contribution in [0.5, 0.6) is 0 Å². The van der Waals surface area contributed by atoms with Gasteiger partial charge in [0.05, 0.1) is 17.5 Å². The predicted molar refractivity (Wildman–Crippen MR) is 113 cm³/mol. The number of anilines is 1. The number of nitrogens with zero attached hydrogens (tertiary/aromatic N) is 1. The topological polar surface area (TPSA) is 122 Å². The first-order chi connectivity index (χ1) is 14.8. The third-order valence-corrected chi connectivity index (χ3v) is 7.89. The van der Waals surface area contributed by atoms with E-state index in [2.05, 4.69) is 10.6 Å². The van der Waals surface area contributed by atoms with Crippen LogP contribution < -0.4 is 16.4 Å². The van der Waals surface area contributed by atoms with Crippen molar-refractivity contribution in [2.45, 2.75) is 63.1 Å². The van der Waals surface area contributed by atoms with Gasteiger partial charge in [0.2, 0.25) is 23.6 Å². The highest BCUT2D eigenvalue weighted by Crippen LogP contribution is 2.55. The van der Waals surface area contributed by atoms with Gasteiger partial charge < -0.3 is 11.1 Å². The molecule has 9 heteroatoms. The molecular weight excluding hydrogens is 420 g/mol. The number of rotatable bonds is 3. The summed E-state index contributed by atoms with van der Waals surface area (Å²) in [5, 5.41) is 6.58. The quantitative estimate of drug-likeness (QED) is 0.611. The Morgan fingerprint density at radius 2 is 1.90 bits per heavy atom. The van der Waals surface area contributed by atoms with Crippen molar-refractivity contribution in [3.63, 3.8) is 0 Å². The fraction of sp³-hybridized carbons (Fsp3) is 0.545. The molecule has 4 N–H and O–H groups in total. The molecule has 0 bridgehead atoms. The van der Waals surface area contributed by atoms with E-state index < -0.39 is 35.2 Å². The number of fused-ring (bicyclic) bond motifs is 4. The van der Waals surface area contributed by atoms with E-state index in [1.165, 1.54) is 4.90 Å². The zero-order valence-electron chi connectivity index (χ0n) is 17.2. The first kappa shape index (κ1) is 20.5. The number of hydrogen-bond acceptors (Lipinski definition) is 5. The highest BCUT2D eigenvalue weighted by atomic mass is 35.5. The first-order valence-electron chi connectivity index (χ1n) is 10.8. The summed E-state index contributed by atoms with van der Waals surface area (Å²) >= 11 is 6.26.